The van der Waals surface area contributed by atoms with Crippen molar-refractivity contribution >= 4 is 37.6 Å². The van der Waals surface area contributed by atoms with E-state index < -0.39 is 15.8 Å². The lowest BCUT2D eigenvalue weighted by Crippen LogP contribution is -2.38. The minimum absolute atomic E-state index is 0.0366. The Kier molecular flexibility index (Phi) is 6.50. The lowest BCUT2D eigenvalue weighted by atomic mass is 9.94. The third-order valence-corrected chi connectivity index (χ3v) is 7.96. The number of H-pyrrole nitrogens is 1. The highest BCUT2D eigenvalue weighted by Crippen LogP contribution is 2.30. The number of sulfonamides is 1. The molecule has 1 aliphatic rings. The molecule has 0 radical (unpaired) electrons. The largest absolute Gasteiger partial charge is 0.393 e. The molecule has 10 heteroatoms. The number of aromatic amines is 1. The van der Waals surface area contributed by atoms with E-state index in [2.05, 4.69) is 30.6 Å². The second-order valence-electron chi connectivity index (χ2n) is 7.55. The molecule has 0 unspecified atom stereocenters. The third-order valence-electron chi connectivity index (χ3n) is 5.32. The fourth-order valence-corrected chi connectivity index (χ4v) is 5.69. The fourth-order valence-electron chi connectivity index (χ4n) is 3.61. The summed E-state index contributed by atoms with van der Waals surface area (Å²) in [5.74, 6) is 0.0436. The lowest BCUT2D eigenvalue weighted by Gasteiger charge is -2.26. The van der Waals surface area contributed by atoms with Gasteiger partial charge in [0.05, 0.1) is 27.5 Å². The third kappa shape index (κ3) is 5.01. The molecule has 0 amide bonds. The Balaban J connectivity index is 1.61. The smallest absolute Gasteiger partial charge is 0.242 e. The van der Waals surface area contributed by atoms with E-state index in [0.717, 1.165) is 0 Å². The molecule has 1 aromatic heterocycles. The average Bonchev–Trinajstić information content (AvgIpc) is 3.22. The molecule has 0 atom stereocenters. The van der Waals surface area contributed by atoms with Crippen LogP contribution in [0.2, 0.25) is 5.02 Å². The maximum Gasteiger partial charge on any atom is 0.242 e. The minimum Gasteiger partial charge on any atom is -0.393 e. The summed E-state index contributed by atoms with van der Waals surface area (Å²) in [6.45, 7) is 0. The Labute approximate surface area is 193 Å². The first-order valence-electron chi connectivity index (χ1n) is 9.73. The van der Waals surface area contributed by atoms with Gasteiger partial charge in [-0.3, -0.25) is 0 Å². The molecule has 0 bridgehead atoms. The van der Waals surface area contributed by atoms with Crippen molar-refractivity contribution in [2.45, 2.75) is 42.7 Å². The van der Waals surface area contributed by atoms with Gasteiger partial charge in [-0.15, -0.1) is 0 Å². The molecule has 0 aliphatic heterocycles. The van der Waals surface area contributed by atoms with Crippen molar-refractivity contribution in [1.82, 2.24) is 14.7 Å². The summed E-state index contributed by atoms with van der Waals surface area (Å²) in [6, 6.07) is 9.13. The summed E-state index contributed by atoms with van der Waals surface area (Å²) in [5.41, 5.74) is 1.75. The van der Waals surface area contributed by atoms with Crippen LogP contribution < -0.4 is 4.72 Å². The SMILES string of the molecule is O=S(=O)(NC1CCC(O)CC1)c1cc(-c2ncc(-c3ccc(Br)c(F)c3)[nH]2)ccc1Cl. The minimum atomic E-state index is -3.85. The quantitative estimate of drug-likeness (QED) is 0.440. The van der Waals surface area contributed by atoms with Gasteiger partial charge in [0.15, 0.2) is 0 Å². The normalized spacial score (nSPS) is 19.5. The van der Waals surface area contributed by atoms with Crippen molar-refractivity contribution in [3.8, 4) is 22.6 Å². The van der Waals surface area contributed by atoms with Crippen LogP contribution in [0.15, 0.2) is 52.0 Å². The summed E-state index contributed by atoms with van der Waals surface area (Å²) in [4.78, 5) is 7.38. The summed E-state index contributed by atoms with van der Waals surface area (Å²) in [6.07, 6.45) is 3.46. The summed E-state index contributed by atoms with van der Waals surface area (Å²) in [7, 11) is -3.85. The molecule has 3 aromatic rings. The van der Waals surface area contributed by atoms with Gasteiger partial charge >= 0.3 is 0 Å². The van der Waals surface area contributed by atoms with E-state index in [1.165, 1.54) is 18.2 Å². The second-order valence-corrected chi connectivity index (χ2v) is 10.5. The van der Waals surface area contributed by atoms with Crippen LogP contribution in [0, 0.1) is 5.82 Å². The van der Waals surface area contributed by atoms with Gasteiger partial charge in [-0.05, 0) is 71.9 Å². The van der Waals surface area contributed by atoms with Crippen molar-refractivity contribution in [2.75, 3.05) is 0 Å². The first kappa shape index (κ1) is 22.4. The van der Waals surface area contributed by atoms with Crippen molar-refractivity contribution in [3.63, 3.8) is 0 Å². The summed E-state index contributed by atoms with van der Waals surface area (Å²) >= 11 is 9.33. The molecule has 0 spiro atoms. The van der Waals surface area contributed by atoms with Crippen molar-refractivity contribution < 1.29 is 17.9 Å². The molecular formula is C21H20BrClFN3O3S. The molecule has 0 saturated heterocycles. The molecule has 2 aromatic carbocycles. The highest BCUT2D eigenvalue weighted by molar-refractivity contribution is 9.10. The van der Waals surface area contributed by atoms with Crippen LogP contribution in [0.25, 0.3) is 22.6 Å². The monoisotopic (exact) mass is 527 g/mol. The lowest BCUT2D eigenvalue weighted by molar-refractivity contribution is 0.120. The first-order chi connectivity index (χ1) is 14.7. The van der Waals surface area contributed by atoms with Gasteiger partial charge < -0.3 is 10.1 Å². The van der Waals surface area contributed by atoms with Gasteiger partial charge in [0.25, 0.3) is 0 Å². The number of aliphatic hydroxyl groups excluding tert-OH is 1. The topological polar surface area (TPSA) is 95.1 Å². The molecule has 1 fully saturated rings. The van der Waals surface area contributed by atoms with E-state index in [0.29, 0.717) is 52.8 Å². The number of benzene rings is 2. The molecule has 31 heavy (non-hydrogen) atoms. The highest BCUT2D eigenvalue weighted by atomic mass is 79.9. The van der Waals surface area contributed by atoms with E-state index in [1.807, 2.05) is 0 Å². The summed E-state index contributed by atoms with van der Waals surface area (Å²) in [5, 5.41) is 9.74. The summed E-state index contributed by atoms with van der Waals surface area (Å²) < 4.78 is 42.8. The molecular weight excluding hydrogens is 509 g/mol. The Morgan fingerprint density at radius 3 is 2.55 bits per heavy atom. The van der Waals surface area contributed by atoms with E-state index >= 15 is 0 Å². The van der Waals surface area contributed by atoms with Crippen molar-refractivity contribution in [2.24, 2.45) is 0 Å². The number of aliphatic hydroxyl groups is 1. The van der Waals surface area contributed by atoms with Crippen molar-refractivity contribution in [3.05, 3.63) is 57.9 Å². The van der Waals surface area contributed by atoms with Crippen LogP contribution in [0.1, 0.15) is 25.7 Å². The Hall–Kier alpha value is -1.78. The van der Waals surface area contributed by atoms with Crippen LogP contribution in [0.4, 0.5) is 4.39 Å². The van der Waals surface area contributed by atoms with Gasteiger partial charge in [0, 0.05) is 17.2 Å². The number of rotatable bonds is 5. The van der Waals surface area contributed by atoms with E-state index in [1.54, 1.807) is 24.4 Å². The van der Waals surface area contributed by atoms with Crippen molar-refractivity contribution in [1.29, 1.82) is 0 Å². The number of halogens is 3. The van der Waals surface area contributed by atoms with Gasteiger partial charge in [-0.25, -0.2) is 22.5 Å². The van der Waals surface area contributed by atoms with Crippen LogP contribution in [0.3, 0.4) is 0 Å². The number of hydrogen-bond donors (Lipinski definition) is 3. The second kappa shape index (κ2) is 8.99. The van der Waals surface area contributed by atoms with Crippen LogP contribution in [-0.4, -0.2) is 35.6 Å². The van der Waals surface area contributed by atoms with Gasteiger partial charge in [0.1, 0.15) is 16.5 Å². The maximum atomic E-state index is 13.9. The Bertz CT molecular complexity index is 1210. The molecule has 4 rings (SSSR count). The zero-order valence-electron chi connectivity index (χ0n) is 16.3. The molecule has 1 heterocycles. The molecule has 6 nitrogen and oxygen atoms in total. The fraction of sp³-hybridized carbons (Fsp3) is 0.286. The number of aromatic nitrogens is 2. The number of nitrogens with one attached hydrogen (secondary N) is 2. The molecule has 3 N–H and O–H groups in total. The standard InChI is InChI=1S/C21H20BrClFN3O3S/c22-16-7-1-12(9-18(16)24)19-11-25-21(26-19)13-2-8-17(23)20(10-13)31(29,30)27-14-3-5-15(28)6-4-14/h1-2,7-11,14-15,27-28H,3-6H2,(H,25,26). The van der Waals surface area contributed by atoms with E-state index in [4.69, 9.17) is 11.6 Å². The zero-order chi connectivity index (χ0) is 22.2. The predicted molar refractivity (Wildman–Crippen MR) is 121 cm³/mol. The van der Waals surface area contributed by atoms with E-state index in [-0.39, 0.29) is 22.1 Å². The predicted octanol–water partition coefficient (Wildman–Crippen LogP) is 4.88. The average molecular weight is 529 g/mol. The number of hydrogen-bond acceptors (Lipinski definition) is 4. The molecule has 164 valence electrons. The van der Waals surface area contributed by atoms with E-state index in [9.17, 15) is 17.9 Å². The van der Waals surface area contributed by atoms with Gasteiger partial charge in [-0.2, -0.15) is 0 Å². The Morgan fingerprint density at radius 1 is 1.13 bits per heavy atom. The van der Waals surface area contributed by atoms with Crippen LogP contribution in [-0.2, 0) is 10.0 Å². The molecule has 1 saturated carbocycles. The van der Waals surface area contributed by atoms with Crippen LogP contribution in [0.5, 0.6) is 0 Å². The number of imidazole rings is 1. The Morgan fingerprint density at radius 2 is 1.84 bits per heavy atom. The van der Waals surface area contributed by atoms with Gasteiger partial charge in [-0.1, -0.05) is 17.7 Å². The first-order valence-corrected chi connectivity index (χ1v) is 12.4. The molecule has 1 aliphatic carbocycles. The maximum absolute atomic E-state index is 13.9. The van der Waals surface area contributed by atoms with Crippen LogP contribution >= 0.6 is 27.5 Å². The highest BCUT2D eigenvalue weighted by Gasteiger charge is 2.26. The zero-order valence-corrected chi connectivity index (χ0v) is 19.4. The van der Waals surface area contributed by atoms with Gasteiger partial charge in [0.2, 0.25) is 10.0 Å². The number of nitrogens with zero attached hydrogens (tertiary/aromatic N) is 1.